The first-order valence-electron chi connectivity index (χ1n) is 7.98. The Morgan fingerprint density at radius 3 is 2.77 bits per heavy atom. The molecular formula is C19H16F2N2O2S. The van der Waals surface area contributed by atoms with Gasteiger partial charge >= 0.3 is 0 Å². The second-order valence-electron chi connectivity index (χ2n) is 5.43. The summed E-state index contributed by atoms with van der Waals surface area (Å²) in [6.45, 7) is 2.46. The molecule has 0 aliphatic carbocycles. The number of nitrogens with one attached hydrogen (secondary N) is 1. The molecule has 4 nitrogen and oxygen atoms in total. The number of benzene rings is 2. The zero-order valence-electron chi connectivity index (χ0n) is 14.0. The fourth-order valence-corrected chi connectivity index (χ4v) is 3.23. The number of thiazole rings is 1. The Morgan fingerprint density at radius 2 is 2.00 bits per heavy atom. The molecule has 2 aromatic carbocycles. The summed E-state index contributed by atoms with van der Waals surface area (Å²) in [5.41, 5.74) is 1.66. The summed E-state index contributed by atoms with van der Waals surface area (Å²) >= 11 is 1.41. The van der Waals surface area contributed by atoms with E-state index in [4.69, 9.17) is 4.74 Å². The monoisotopic (exact) mass is 374 g/mol. The normalized spacial score (nSPS) is 10.6. The van der Waals surface area contributed by atoms with Crippen molar-refractivity contribution in [2.45, 2.75) is 13.3 Å². The van der Waals surface area contributed by atoms with Crippen LogP contribution in [-0.2, 0) is 11.2 Å². The van der Waals surface area contributed by atoms with Crippen molar-refractivity contribution in [1.82, 2.24) is 4.98 Å². The standard InChI is InChI=1S/C19H16F2N2O2S/c1-2-25-17-6-4-3-5-14(17)19-23-13(11-26-19)10-18(24)22-12-7-8-15(20)16(21)9-12/h3-9,11H,2,10H2,1H3,(H,22,24). The highest BCUT2D eigenvalue weighted by Gasteiger charge is 2.13. The van der Waals surface area contributed by atoms with Crippen LogP contribution in [0.2, 0.25) is 0 Å². The first-order chi connectivity index (χ1) is 12.6. The lowest BCUT2D eigenvalue weighted by Gasteiger charge is -2.07. The first-order valence-corrected chi connectivity index (χ1v) is 8.86. The van der Waals surface area contributed by atoms with Crippen LogP contribution in [0.5, 0.6) is 5.75 Å². The van der Waals surface area contributed by atoms with Gasteiger partial charge in [0.25, 0.3) is 0 Å². The smallest absolute Gasteiger partial charge is 0.230 e. The number of carbonyl (C=O) groups excluding carboxylic acids is 1. The Hall–Kier alpha value is -2.80. The van der Waals surface area contributed by atoms with E-state index in [0.29, 0.717) is 12.3 Å². The van der Waals surface area contributed by atoms with E-state index in [1.54, 1.807) is 5.38 Å². The zero-order valence-corrected chi connectivity index (χ0v) is 14.8. The molecule has 0 aliphatic rings. The summed E-state index contributed by atoms with van der Waals surface area (Å²) in [4.78, 5) is 16.6. The number of amides is 1. The van der Waals surface area contributed by atoms with Crippen LogP contribution in [0.15, 0.2) is 47.8 Å². The largest absolute Gasteiger partial charge is 0.493 e. The lowest BCUT2D eigenvalue weighted by molar-refractivity contribution is -0.115. The molecule has 3 aromatic rings. The molecule has 0 atom stereocenters. The van der Waals surface area contributed by atoms with Crippen LogP contribution < -0.4 is 10.1 Å². The van der Waals surface area contributed by atoms with E-state index < -0.39 is 11.6 Å². The second kappa shape index (κ2) is 8.05. The fraction of sp³-hybridized carbons (Fsp3) is 0.158. The highest BCUT2D eigenvalue weighted by Crippen LogP contribution is 2.32. The van der Waals surface area contributed by atoms with Gasteiger partial charge in [-0.1, -0.05) is 12.1 Å². The Morgan fingerprint density at radius 1 is 1.19 bits per heavy atom. The summed E-state index contributed by atoms with van der Waals surface area (Å²) < 4.78 is 31.7. The van der Waals surface area contributed by atoms with Gasteiger partial charge in [-0.25, -0.2) is 13.8 Å². The maximum Gasteiger partial charge on any atom is 0.230 e. The van der Waals surface area contributed by atoms with Gasteiger partial charge < -0.3 is 10.1 Å². The van der Waals surface area contributed by atoms with E-state index in [9.17, 15) is 13.6 Å². The third kappa shape index (κ3) is 4.23. The van der Waals surface area contributed by atoms with E-state index in [1.165, 1.54) is 17.4 Å². The molecule has 0 radical (unpaired) electrons. The quantitative estimate of drug-likeness (QED) is 0.682. The van der Waals surface area contributed by atoms with Crippen molar-refractivity contribution < 1.29 is 18.3 Å². The van der Waals surface area contributed by atoms with Gasteiger partial charge in [0.05, 0.1) is 24.3 Å². The van der Waals surface area contributed by atoms with Gasteiger partial charge in [-0.3, -0.25) is 4.79 Å². The number of anilines is 1. The number of ether oxygens (including phenoxy) is 1. The van der Waals surface area contributed by atoms with Crippen LogP contribution in [0.25, 0.3) is 10.6 Å². The van der Waals surface area contributed by atoms with E-state index >= 15 is 0 Å². The van der Waals surface area contributed by atoms with Crippen LogP contribution in [0.1, 0.15) is 12.6 Å². The second-order valence-corrected chi connectivity index (χ2v) is 6.29. The van der Waals surface area contributed by atoms with Crippen molar-refractivity contribution in [3.8, 4) is 16.3 Å². The molecule has 1 amide bonds. The van der Waals surface area contributed by atoms with Crippen LogP contribution in [-0.4, -0.2) is 17.5 Å². The predicted molar refractivity (Wildman–Crippen MR) is 97.4 cm³/mol. The fourth-order valence-electron chi connectivity index (χ4n) is 2.38. The van der Waals surface area contributed by atoms with Crippen molar-refractivity contribution in [2.24, 2.45) is 0 Å². The topological polar surface area (TPSA) is 51.2 Å². The van der Waals surface area contributed by atoms with Crippen LogP contribution in [0.3, 0.4) is 0 Å². The maximum absolute atomic E-state index is 13.2. The highest BCUT2D eigenvalue weighted by molar-refractivity contribution is 7.13. The average Bonchev–Trinajstić information content (AvgIpc) is 3.07. The molecule has 7 heteroatoms. The van der Waals surface area contributed by atoms with Crippen molar-refractivity contribution in [2.75, 3.05) is 11.9 Å². The minimum absolute atomic E-state index is 0.0340. The van der Waals surface area contributed by atoms with Crippen molar-refractivity contribution in [3.05, 3.63) is 65.2 Å². The third-order valence-corrected chi connectivity index (χ3v) is 4.44. The van der Waals surface area contributed by atoms with Crippen molar-refractivity contribution >= 4 is 22.9 Å². The molecule has 0 unspecified atom stereocenters. The Balaban J connectivity index is 1.70. The van der Waals surface area contributed by atoms with Gasteiger partial charge in [0.15, 0.2) is 11.6 Å². The number of hydrogen-bond acceptors (Lipinski definition) is 4. The van der Waals surface area contributed by atoms with E-state index in [1.807, 2.05) is 31.2 Å². The molecule has 134 valence electrons. The van der Waals surface area contributed by atoms with Crippen LogP contribution >= 0.6 is 11.3 Å². The lowest BCUT2D eigenvalue weighted by atomic mass is 10.2. The van der Waals surface area contributed by atoms with Gasteiger partial charge in [-0.15, -0.1) is 11.3 Å². The molecule has 1 aromatic heterocycles. The Bertz CT molecular complexity index is 927. The van der Waals surface area contributed by atoms with Gasteiger partial charge in [0.2, 0.25) is 5.91 Å². The highest BCUT2D eigenvalue weighted by atomic mass is 32.1. The molecule has 1 N–H and O–H groups in total. The number of rotatable bonds is 6. The van der Waals surface area contributed by atoms with Gasteiger partial charge in [0, 0.05) is 17.1 Å². The zero-order chi connectivity index (χ0) is 18.5. The number of carbonyl (C=O) groups is 1. The van der Waals surface area contributed by atoms with Crippen LogP contribution in [0, 0.1) is 11.6 Å². The Labute approximate surface area is 153 Å². The van der Waals surface area contributed by atoms with E-state index in [2.05, 4.69) is 10.3 Å². The summed E-state index contributed by atoms with van der Waals surface area (Å²) in [6.07, 6.45) is 0.0340. The SMILES string of the molecule is CCOc1ccccc1-c1nc(CC(=O)Nc2ccc(F)c(F)c2)cs1. The molecule has 1 heterocycles. The number of hydrogen-bond donors (Lipinski definition) is 1. The minimum Gasteiger partial charge on any atom is -0.493 e. The molecule has 0 saturated carbocycles. The van der Waals surface area contributed by atoms with E-state index in [-0.39, 0.29) is 18.0 Å². The maximum atomic E-state index is 13.2. The lowest BCUT2D eigenvalue weighted by Crippen LogP contribution is -2.14. The molecule has 0 saturated heterocycles. The Kier molecular flexibility index (Phi) is 5.58. The summed E-state index contributed by atoms with van der Waals surface area (Å²) in [5.74, 6) is -1.58. The van der Waals surface area contributed by atoms with Crippen LogP contribution in [0.4, 0.5) is 14.5 Å². The van der Waals surface area contributed by atoms with E-state index in [0.717, 1.165) is 28.5 Å². The van der Waals surface area contributed by atoms with Crippen molar-refractivity contribution in [1.29, 1.82) is 0 Å². The molecule has 0 bridgehead atoms. The average molecular weight is 374 g/mol. The van der Waals surface area contributed by atoms with Gasteiger partial charge in [0.1, 0.15) is 10.8 Å². The molecule has 3 rings (SSSR count). The van der Waals surface area contributed by atoms with Gasteiger partial charge in [-0.2, -0.15) is 0 Å². The molecule has 0 fully saturated rings. The number of nitrogens with zero attached hydrogens (tertiary/aromatic N) is 1. The molecular weight excluding hydrogens is 358 g/mol. The molecule has 26 heavy (non-hydrogen) atoms. The third-order valence-electron chi connectivity index (χ3n) is 3.51. The first kappa shape index (κ1) is 18.0. The molecule has 0 aliphatic heterocycles. The van der Waals surface area contributed by atoms with Gasteiger partial charge in [-0.05, 0) is 31.2 Å². The summed E-state index contributed by atoms with van der Waals surface area (Å²) in [6, 6.07) is 10.8. The number of para-hydroxylation sites is 1. The molecule has 0 spiro atoms. The minimum atomic E-state index is -1.01. The number of aromatic nitrogens is 1. The van der Waals surface area contributed by atoms with Crippen molar-refractivity contribution in [3.63, 3.8) is 0 Å². The number of halogens is 2. The summed E-state index contributed by atoms with van der Waals surface area (Å²) in [5, 5.41) is 5.08. The predicted octanol–water partition coefficient (Wildman–Crippen LogP) is 4.67. The summed E-state index contributed by atoms with van der Waals surface area (Å²) in [7, 11) is 0.